The number of pyridine rings is 1. The number of halogens is 1. The van der Waals surface area contributed by atoms with Gasteiger partial charge in [0.05, 0.1) is 5.02 Å². The Balaban J connectivity index is 1.51. The average Bonchev–Trinajstić information content (AvgIpc) is 2.67. The molecule has 0 atom stereocenters. The molecule has 144 valence electrons. The molecule has 7 heteroatoms. The summed E-state index contributed by atoms with van der Waals surface area (Å²) in [5, 5.41) is 4.37. The predicted octanol–water partition coefficient (Wildman–Crippen LogP) is 3.03. The molecule has 0 radical (unpaired) electrons. The highest BCUT2D eigenvalue weighted by Crippen LogP contribution is 2.29. The number of hydrogen-bond donors (Lipinski definition) is 1. The normalized spacial score (nSPS) is 15.2. The highest BCUT2D eigenvalue weighted by atomic mass is 35.5. The largest absolute Gasteiger partial charge is 0.481 e. The standard InChI is InChI=1S/C20H24ClN3O3/c1-13(2)20(26)24-10-7-14(8-11-24)23-18(25)12-27-17-6-5-16(21)15-4-3-9-22-19(15)17/h3-6,9,13-14H,7-8,10-12H2,1-2H3,(H,23,25). The zero-order valence-electron chi connectivity index (χ0n) is 15.6. The van der Waals surface area contributed by atoms with Crippen LogP contribution in [-0.4, -0.2) is 47.4 Å². The van der Waals surface area contributed by atoms with Crippen molar-refractivity contribution in [1.82, 2.24) is 15.2 Å². The zero-order chi connectivity index (χ0) is 19.4. The fourth-order valence-electron chi connectivity index (χ4n) is 3.25. The lowest BCUT2D eigenvalue weighted by molar-refractivity contribution is -0.135. The van der Waals surface area contributed by atoms with Gasteiger partial charge in [-0.3, -0.25) is 14.6 Å². The highest BCUT2D eigenvalue weighted by Gasteiger charge is 2.25. The first kappa shape index (κ1) is 19.4. The SMILES string of the molecule is CC(C)C(=O)N1CCC(NC(=O)COc2ccc(Cl)c3cccnc23)CC1. The third kappa shape index (κ3) is 4.69. The van der Waals surface area contributed by atoms with Gasteiger partial charge in [0.2, 0.25) is 5.91 Å². The molecular weight excluding hydrogens is 366 g/mol. The van der Waals surface area contributed by atoms with E-state index < -0.39 is 0 Å². The van der Waals surface area contributed by atoms with Gasteiger partial charge in [-0.15, -0.1) is 0 Å². The summed E-state index contributed by atoms with van der Waals surface area (Å²) in [7, 11) is 0. The summed E-state index contributed by atoms with van der Waals surface area (Å²) in [5.41, 5.74) is 0.637. The monoisotopic (exact) mass is 389 g/mol. The minimum Gasteiger partial charge on any atom is -0.481 e. The van der Waals surface area contributed by atoms with E-state index in [1.807, 2.05) is 24.8 Å². The summed E-state index contributed by atoms with van der Waals surface area (Å²) in [6, 6.07) is 7.20. The van der Waals surface area contributed by atoms with E-state index in [1.54, 1.807) is 24.4 Å². The van der Waals surface area contributed by atoms with Crippen molar-refractivity contribution in [2.45, 2.75) is 32.7 Å². The second-order valence-electron chi connectivity index (χ2n) is 7.06. The topological polar surface area (TPSA) is 71.5 Å². The molecule has 0 spiro atoms. The number of nitrogens with zero attached hydrogens (tertiary/aromatic N) is 2. The molecule has 0 saturated carbocycles. The van der Waals surface area contributed by atoms with E-state index in [9.17, 15) is 9.59 Å². The summed E-state index contributed by atoms with van der Waals surface area (Å²) in [4.78, 5) is 30.4. The third-order valence-corrected chi connectivity index (χ3v) is 5.03. The van der Waals surface area contributed by atoms with Crippen molar-refractivity contribution in [2.75, 3.05) is 19.7 Å². The van der Waals surface area contributed by atoms with Crippen molar-refractivity contribution in [3.05, 3.63) is 35.5 Å². The van der Waals surface area contributed by atoms with Crippen LogP contribution in [0.5, 0.6) is 5.75 Å². The Morgan fingerprint density at radius 2 is 2.04 bits per heavy atom. The molecule has 2 aromatic rings. The lowest BCUT2D eigenvalue weighted by atomic mass is 10.0. The van der Waals surface area contributed by atoms with Crippen LogP contribution in [0.3, 0.4) is 0 Å². The summed E-state index contributed by atoms with van der Waals surface area (Å²) in [6.45, 7) is 5.08. The molecule has 1 aliphatic heterocycles. The minimum atomic E-state index is -0.178. The maximum atomic E-state index is 12.2. The third-order valence-electron chi connectivity index (χ3n) is 4.70. The minimum absolute atomic E-state index is 0.00680. The number of benzene rings is 1. The van der Waals surface area contributed by atoms with E-state index in [0.29, 0.717) is 29.4 Å². The fourth-order valence-corrected chi connectivity index (χ4v) is 3.47. The van der Waals surface area contributed by atoms with Crippen LogP contribution in [0.2, 0.25) is 5.02 Å². The van der Waals surface area contributed by atoms with Crippen LogP contribution >= 0.6 is 11.6 Å². The number of hydrogen-bond acceptors (Lipinski definition) is 4. The molecule has 2 heterocycles. The van der Waals surface area contributed by atoms with Gasteiger partial charge in [-0.2, -0.15) is 0 Å². The first-order chi connectivity index (χ1) is 13.0. The number of carbonyl (C=O) groups excluding carboxylic acids is 2. The van der Waals surface area contributed by atoms with Gasteiger partial charge >= 0.3 is 0 Å². The molecule has 1 saturated heterocycles. The Bertz CT molecular complexity index is 832. The highest BCUT2D eigenvalue weighted by molar-refractivity contribution is 6.35. The van der Waals surface area contributed by atoms with E-state index in [0.717, 1.165) is 18.2 Å². The number of likely N-dealkylation sites (tertiary alicyclic amines) is 1. The molecule has 1 aliphatic rings. The van der Waals surface area contributed by atoms with E-state index >= 15 is 0 Å². The Labute approximate surface area is 163 Å². The maximum absolute atomic E-state index is 12.2. The van der Waals surface area contributed by atoms with Gasteiger partial charge in [-0.05, 0) is 37.1 Å². The summed E-state index contributed by atoms with van der Waals surface area (Å²) >= 11 is 6.17. The molecule has 1 aromatic heterocycles. The first-order valence-corrected chi connectivity index (χ1v) is 9.57. The Hall–Kier alpha value is -2.34. The van der Waals surface area contributed by atoms with Crippen molar-refractivity contribution in [3.8, 4) is 5.75 Å². The molecular formula is C20H24ClN3O3. The van der Waals surface area contributed by atoms with Gasteiger partial charge in [0.25, 0.3) is 5.91 Å². The van der Waals surface area contributed by atoms with Crippen LogP contribution in [0.15, 0.2) is 30.5 Å². The van der Waals surface area contributed by atoms with Gasteiger partial charge in [-0.25, -0.2) is 0 Å². The number of amides is 2. The van der Waals surface area contributed by atoms with Crippen molar-refractivity contribution < 1.29 is 14.3 Å². The number of carbonyl (C=O) groups is 2. The molecule has 0 aliphatic carbocycles. The molecule has 0 unspecified atom stereocenters. The maximum Gasteiger partial charge on any atom is 0.258 e. The molecule has 1 N–H and O–H groups in total. The smallest absolute Gasteiger partial charge is 0.258 e. The molecule has 2 amide bonds. The number of aromatic nitrogens is 1. The number of nitrogens with one attached hydrogen (secondary N) is 1. The van der Waals surface area contributed by atoms with E-state index in [-0.39, 0.29) is 30.4 Å². The second kappa shape index (κ2) is 8.57. The Kier molecular flexibility index (Phi) is 6.16. The molecule has 0 bridgehead atoms. The van der Waals surface area contributed by atoms with Crippen molar-refractivity contribution in [1.29, 1.82) is 0 Å². The number of ether oxygens (including phenoxy) is 1. The Morgan fingerprint density at radius 3 is 2.74 bits per heavy atom. The average molecular weight is 390 g/mol. The van der Waals surface area contributed by atoms with Crippen LogP contribution in [-0.2, 0) is 9.59 Å². The van der Waals surface area contributed by atoms with Gasteiger partial charge in [0.1, 0.15) is 11.3 Å². The van der Waals surface area contributed by atoms with Gasteiger partial charge in [0, 0.05) is 36.6 Å². The molecule has 6 nitrogen and oxygen atoms in total. The van der Waals surface area contributed by atoms with Gasteiger partial charge in [-0.1, -0.05) is 25.4 Å². The van der Waals surface area contributed by atoms with Crippen LogP contribution < -0.4 is 10.1 Å². The zero-order valence-corrected chi connectivity index (χ0v) is 16.3. The van der Waals surface area contributed by atoms with Crippen LogP contribution in [0.4, 0.5) is 0 Å². The number of piperidine rings is 1. The van der Waals surface area contributed by atoms with Gasteiger partial charge < -0.3 is 15.0 Å². The second-order valence-corrected chi connectivity index (χ2v) is 7.46. The van der Waals surface area contributed by atoms with Crippen LogP contribution in [0, 0.1) is 5.92 Å². The fraction of sp³-hybridized carbons (Fsp3) is 0.450. The summed E-state index contributed by atoms with van der Waals surface area (Å²) in [6.07, 6.45) is 3.18. The quantitative estimate of drug-likeness (QED) is 0.853. The van der Waals surface area contributed by atoms with E-state index in [2.05, 4.69) is 10.3 Å². The van der Waals surface area contributed by atoms with Crippen LogP contribution in [0.1, 0.15) is 26.7 Å². The van der Waals surface area contributed by atoms with Crippen molar-refractivity contribution >= 4 is 34.3 Å². The van der Waals surface area contributed by atoms with Gasteiger partial charge in [0.15, 0.2) is 6.61 Å². The molecule has 1 fully saturated rings. The molecule has 1 aromatic carbocycles. The predicted molar refractivity (Wildman–Crippen MR) is 105 cm³/mol. The molecule has 3 rings (SSSR count). The summed E-state index contributed by atoms with van der Waals surface area (Å²) < 4.78 is 5.67. The first-order valence-electron chi connectivity index (χ1n) is 9.20. The van der Waals surface area contributed by atoms with Crippen molar-refractivity contribution in [2.24, 2.45) is 5.92 Å². The Morgan fingerprint density at radius 1 is 1.30 bits per heavy atom. The summed E-state index contributed by atoms with van der Waals surface area (Å²) in [5.74, 6) is 0.530. The van der Waals surface area contributed by atoms with Crippen LogP contribution in [0.25, 0.3) is 10.9 Å². The molecule has 27 heavy (non-hydrogen) atoms. The lowest BCUT2D eigenvalue weighted by Crippen LogP contribution is -2.48. The van der Waals surface area contributed by atoms with E-state index in [1.165, 1.54) is 0 Å². The lowest BCUT2D eigenvalue weighted by Gasteiger charge is -2.33. The number of fused-ring (bicyclic) bond motifs is 1. The van der Waals surface area contributed by atoms with Crippen molar-refractivity contribution in [3.63, 3.8) is 0 Å². The van der Waals surface area contributed by atoms with E-state index in [4.69, 9.17) is 16.3 Å². The number of rotatable bonds is 5.